The van der Waals surface area contributed by atoms with Crippen LogP contribution < -0.4 is 9.47 Å². The summed E-state index contributed by atoms with van der Waals surface area (Å²) in [6.45, 7) is 6.14. The normalized spacial score (nSPS) is 14.6. The van der Waals surface area contributed by atoms with Crippen molar-refractivity contribution in [2.75, 3.05) is 27.8 Å². The van der Waals surface area contributed by atoms with E-state index >= 15 is 0 Å². The van der Waals surface area contributed by atoms with Gasteiger partial charge in [0, 0.05) is 19.7 Å². The Morgan fingerprint density at radius 1 is 1.19 bits per heavy atom. The average molecular weight is 374 g/mol. The van der Waals surface area contributed by atoms with Crippen LogP contribution in [0.4, 0.5) is 0 Å². The van der Waals surface area contributed by atoms with E-state index in [1.807, 2.05) is 13.0 Å². The summed E-state index contributed by atoms with van der Waals surface area (Å²) in [5, 5.41) is 0.175. The predicted molar refractivity (Wildman–Crippen MR) is 104 cm³/mol. The summed E-state index contributed by atoms with van der Waals surface area (Å²) in [5.41, 5.74) is 1.56. The third-order valence-corrected chi connectivity index (χ3v) is 4.53. The Kier molecular flexibility index (Phi) is 6.15. The van der Waals surface area contributed by atoms with Gasteiger partial charge in [0.25, 0.3) is 11.8 Å². The summed E-state index contributed by atoms with van der Waals surface area (Å²) < 4.78 is 11.1. The van der Waals surface area contributed by atoms with Gasteiger partial charge < -0.3 is 9.47 Å². The van der Waals surface area contributed by atoms with Crippen molar-refractivity contribution in [2.24, 2.45) is 0 Å². The maximum Gasteiger partial charge on any atom is 0.265 e. The highest BCUT2D eigenvalue weighted by Gasteiger charge is 2.35. The van der Waals surface area contributed by atoms with Crippen molar-refractivity contribution >= 4 is 35.2 Å². The minimum atomic E-state index is -0.434. The van der Waals surface area contributed by atoms with Crippen LogP contribution in [0, 0.1) is 0 Å². The van der Waals surface area contributed by atoms with Crippen LogP contribution in [-0.4, -0.2) is 54.5 Å². The third kappa shape index (κ3) is 3.62. The number of likely N-dealkylation sites (N-methyl/N-ethyl adjacent to an activating group) is 2. The number of benzene rings is 1. The molecule has 2 amide bonds. The first-order valence-electron chi connectivity index (χ1n) is 8.12. The molecule has 1 aliphatic heterocycles. The van der Waals surface area contributed by atoms with E-state index in [4.69, 9.17) is 21.7 Å². The lowest BCUT2D eigenvalue weighted by Gasteiger charge is -2.31. The number of ether oxygens (including phenoxy) is 2. The van der Waals surface area contributed by atoms with E-state index in [-0.39, 0.29) is 10.7 Å². The number of carbonyl (C=O) groups is 2. The molecule has 7 heteroatoms. The zero-order valence-corrected chi connectivity index (χ0v) is 16.2. The first-order chi connectivity index (χ1) is 12.3. The highest BCUT2D eigenvalue weighted by atomic mass is 32.1. The smallest absolute Gasteiger partial charge is 0.265 e. The second kappa shape index (κ2) is 8.14. The molecule has 0 bridgehead atoms. The van der Waals surface area contributed by atoms with Crippen molar-refractivity contribution in [3.05, 3.63) is 41.5 Å². The number of methoxy groups -OCH3 is 1. The fourth-order valence-corrected chi connectivity index (χ4v) is 2.84. The Bertz CT molecular complexity index is 775. The fraction of sp³-hybridized carbons (Fsp3) is 0.316. The van der Waals surface area contributed by atoms with Gasteiger partial charge in [-0.2, -0.15) is 0 Å². The quantitative estimate of drug-likeness (QED) is 0.331. The van der Waals surface area contributed by atoms with Crippen LogP contribution in [0.1, 0.15) is 18.1 Å². The lowest BCUT2D eigenvalue weighted by atomic mass is 10.0. The van der Waals surface area contributed by atoms with Gasteiger partial charge >= 0.3 is 0 Å². The minimum Gasteiger partial charge on any atom is -0.493 e. The Hall–Kier alpha value is -2.67. The summed E-state index contributed by atoms with van der Waals surface area (Å²) in [4.78, 5) is 27.5. The Morgan fingerprint density at radius 3 is 2.31 bits per heavy atom. The molecule has 0 aliphatic carbocycles. The molecular weight excluding hydrogens is 352 g/mol. The Labute approximate surface area is 158 Å². The van der Waals surface area contributed by atoms with Crippen molar-refractivity contribution in [3.63, 3.8) is 0 Å². The van der Waals surface area contributed by atoms with Crippen LogP contribution in [0.5, 0.6) is 11.5 Å². The maximum absolute atomic E-state index is 12.5. The zero-order valence-electron chi connectivity index (χ0n) is 15.4. The molecule has 1 aliphatic rings. The van der Waals surface area contributed by atoms with Gasteiger partial charge in [0.2, 0.25) is 0 Å². The summed E-state index contributed by atoms with van der Waals surface area (Å²) in [5.74, 6) is 0.298. The molecule has 138 valence electrons. The molecule has 1 aromatic carbocycles. The minimum absolute atomic E-state index is 0.0411. The number of allylic oxidation sites excluding steroid dienone is 1. The van der Waals surface area contributed by atoms with Crippen molar-refractivity contribution in [2.45, 2.75) is 13.3 Å². The Balaban J connectivity index is 2.57. The maximum atomic E-state index is 12.5. The number of nitrogens with zero attached hydrogens (tertiary/aromatic N) is 2. The van der Waals surface area contributed by atoms with E-state index in [2.05, 4.69) is 6.58 Å². The van der Waals surface area contributed by atoms with Crippen LogP contribution in [0.3, 0.4) is 0 Å². The fourth-order valence-electron chi connectivity index (χ4n) is 2.68. The first kappa shape index (κ1) is 19.7. The second-order valence-electron chi connectivity index (χ2n) is 5.71. The van der Waals surface area contributed by atoms with Gasteiger partial charge in [-0.1, -0.05) is 6.08 Å². The van der Waals surface area contributed by atoms with Crippen molar-refractivity contribution in [1.82, 2.24) is 9.80 Å². The number of rotatable bonds is 6. The summed E-state index contributed by atoms with van der Waals surface area (Å²) in [7, 11) is 4.64. The molecule has 0 saturated carbocycles. The van der Waals surface area contributed by atoms with E-state index in [0.29, 0.717) is 30.1 Å². The topological polar surface area (TPSA) is 59.1 Å². The van der Waals surface area contributed by atoms with E-state index in [9.17, 15) is 9.59 Å². The van der Waals surface area contributed by atoms with Crippen LogP contribution in [-0.2, 0) is 16.0 Å². The number of carbonyl (C=O) groups excluding carboxylic acids is 2. The molecular formula is C19H22N2O4S. The monoisotopic (exact) mass is 374 g/mol. The molecule has 1 fully saturated rings. The number of hydrogen-bond donors (Lipinski definition) is 0. The van der Waals surface area contributed by atoms with Crippen LogP contribution in [0.25, 0.3) is 6.08 Å². The second-order valence-corrected chi connectivity index (χ2v) is 6.07. The van der Waals surface area contributed by atoms with E-state index in [1.165, 1.54) is 9.80 Å². The summed E-state index contributed by atoms with van der Waals surface area (Å²) >= 11 is 5.10. The molecule has 0 aromatic heterocycles. The Morgan fingerprint density at radius 2 is 1.81 bits per heavy atom. The molecule has 6 nitrogen and oxygen atoms in total. The highest BCUT2D eigenvalue weighted by molar-refractivity contribution is 7.80. The largest absolute Gasteiger partial charge is 0.493 e. The molecule has 26 heavy (non-hydrogen) atoms. The van der Waals surface area contributed by atoms with Crippen molar-refractivity contribution in [1.29, 1.82) is 0 Å². The van der Waals surface area contributed by atoms with Gasteiger partial charge in [-0.25, -0.2) is 0 Å². The molecule has 0 spiro atoms. The molecule has 0 N–H and O–H groups in total. The summed E-state index contributed by atoms with van der Waals surface area (Å²) in [6, 6.07) is 3.59. The average Bonchev–Trinajstić information content (AvgIpc) is 2.64. The molecule has 2 rings (SSSR count). The third-order valence-electron chi connectivity index (χ3n) is 3.98. The molecule has 1 heterocycles. The molecule has 1 saturated heterocycles. The predicted octanol–water partition coefficient (Wildman–Crippen LogP) is 2.42. The number of hydrogen-bond acceptors (Lipinski definition) is 5. The van der Waals surface area contributed by atoms with Gasteiger partial charge in [0.05, 0.1) is 13.7 Å². The number of thiocarbonyl (C=S) groups is 1. The van der Waals surface area contributed by atoms with Crippen LogP contribution >= 0.6 is 12.2 Å². The molecule has 0 radical (unpaired) electrons. The van der Waals surface area contributed by atoms with Gasteiger partial charge in [-0.3, -0.25) is 19.4 Å². The molecule has 0 atom stereocenters. The van der Waals surface area contributed by atoms with Gasteiger partial charge in [-0.15, -0.1) is 6.58 Å². The zero-order chi connectivity index (χ0) is 19.4. The first-order valence-corrected chi connectivity index (χ1v) is 8.52. The highest BCUT2D eigenvalue weighted by Crippen LogP contribution is 2.34. The van der Waals surface area contributed by atoms with E-state index < -0.39 is 11.8 Å². The van der Waals surface area contributed by atoms with Crippen LogP contribution in [0.2, 0.25) is 0 Å². The molecule has 1 aromatic rings. The van der Waals surface area contributed by atoms with Gasteiger partial charge in [0.1, 0.15) is 5.57 Å². The van der Waals surface area contributed by atoms with Crippen molar-refractivity contribution in [3.8, 4) is 11.5 Å². The van der Waals surface area contributed by atoms with Crippen LogP contribution in [0.15, 0.2) is 30.4 Å². The lowest BCUT2D eigenvalue weighted by molar-refractivity contribution is -0.132. The molecule has 0 unspecified atom stereocenters. The van der Waals surface area contributed by atoms with E-state index in [1.54, 1.807) is 39.4 Å². The summed E-state index contributed by atoms with van der Waals surface area (Å²) in [6.07, 6.45) is 3.86. The van der Waals surface area contributed by atoms with Crippen molar-refractivity contribution < 1.29 is 19.1 Å². The SMILES string of the molecule is C=CCc1cc(C=C2C(=O)N(C)C(=S)N(C)C2=O)cc(OC)c1OCC. The lowest BCUT2D eigenvalue weighted by Crippen LogP contribution is -2.52. The van der Waals surface area contributed by atoms with Gasteiger partial charge in [0.15, 0.2) is 16.6 Å². The standard InChI is InChI=1S/C19H22N2O4S/c1-6-8-13-9-12(11-15(24-5)16(13)25-7-2)10-14-17(22)20(3)19(26)21(4)18(14)23/h6,9-11H,1,7-8H2,2-5H3. The van der Waals surface area contributed by atoms with E-state index in [0.717, 1.165) is 5.56 Å². The number of amides is 2. The van der Waals surface area contributed by atoms with Gasteiger partial charge in [-0.05, 0) is 49.3 Å².